The number of halogens is 3. The van der Waals surface area contributed by atoms with Gasteiger partial charge in [-0.2, -0.15) is 17.5 Å². The molecule has 5 N–H and O–H groups in total. The van der Waals surface area contributed by atoms with Crippen molar-refractivity contribution in [2.45, 2.75) is 37.4 Å². The summed E-state index contributed by atoms with van der Waals surface area (Å²) in [5.41, 5.74) is 14.0. The topological polar surface area (TPSA) is 133 Å². The van der Waals surface area contributed by atoms with Crippen LogP contribution in [-0.4, -0.2) is 53.8 Å². The number of alkyl halides is 3. The van der Waals surface area contributed by atoms with Crippen molar-refractivity contribution in [3.05, 3.63) is 29.6 Å². The van der Waals surface area contributed by atoms with E-state index in [1.165, 1.54) is 11.1 Å². The first-order chi connectivity index (χ1) is 16.7. The molecule has 2 aliphatic heterocycles. The molecule has 13 heteroatoms. The van der Waals surface area contributed by atoms with Crippen molar-refractivity contribution in [3.8, 4) is 0 Å². The first-order valence-electron chi connectivity index (χ1n) is 11.3. The second-order valence-corrected chi connectivity index (χ2v) is 9.76. The molecule has 3 aromatic heterocycles. The number of carbonyl (C=O) groups is 1. The molecule has 0 aromatic carbocycles. The molecule has 35 heavy (non-hydrogen) atoms. The van der Waals surface area contributed by atoms with Crippen LogP contribution < -0.4 is 21.7 Å². The van der Waals surface area contributed by atoms with E-state index in [0.717, 1.165) is 29.9 Å². The third-order valence-electron chi connectivity index (χ3n) is 6.53. The van der Waals surface area contributed by atoms with Crippen molar-refractivity contribution in [1.82, 2.24) is 9.36 Å². The monoisotopic (exact) mass is 510 g/mol. The van der Waals surface area contributed by atoms with Crippen LogP contribution in [-0.2, 0) is 4.74 Å². The van der Waals surface area contributed by atoms with Gasteiger partial charge >= 0.3 is 6.18 Å². The molecule has 2 saturated heterocycles. The number of anilines is 3. The summed E-state index contributed by atoms with van der Waals surface area (Å²) in [5, 5.41) is 3.12. The average molecular weight is 511 g/mol. The van der Waals surface area contributed by atoms with E-state index in [2.05, 4.69) is 14.7 Å². The summed E-state index contributed by atoms with van der Waals surface area (Å²) in [6.45, 7) is 1.33. The highest BCUT2D eigenvalue weighted by Crippen LogP contribution is 2.39. The van der Waals surface area contributed by atoms with Gasteiger partial charge in [-0.1, -0.05) is 0 Å². The van der Waals surface area contributed by atoms with Crippen LogP contribution >= 0.6 is 11.5 Å². The van der Waals surface area contributed by atoms with E-state index >= 15 is 0 Å². The van der Waals surface area contributed by atoms with Gasteiger partial charge in [0.1, 0.15) is 16.1 Å². The molecule has 0 bridgehead atoms. The number of fused-ring (bicyclic) bond motifs is 1. The normalized spacial score (nSPS) is 22.0. The SMILES string of the molecule is Nc1oc2cc(C3CCOCC3)cnc2c1C(=O)Nc1cnsc1N1CC(N)CC(C(F)(F)F)C1. The van der Waals surface area contributed by atoms with Gasteiger partial charge in [0.25, 0.3) is 5.91 Å². The van der Waals surface area contributed by atoms with Crippen molar-refractivity contribution in [2.24, 2.45) is 11.7 Å². The van der Waals surface area contributed by atoms with E-state index in [1.54, 1.807) is 6.20 Å². The molecule has 2 aliphatic rings. The molecule has 0 aliphatic carbocycles. The first-order valence-corrected chi connectivity index (χ1v) is 12.1. The van der Waals surface area contributed by atoms with Crippen LogP contribution in [0.1, 0.15) is 41.1 Å². The van der Waals surface area contributed by atoms with Gasteiger partial charge in [-0.3, -0.25) is 9.78 Å². The van der Waals surface area contributed by atoms with Crippen LogP contribution in [0.15, 0.2) is 22.9 Å². The fourth-order valence-electron chi connectivity index (χ4n) is 4.76. The summed E-state index contributed by atoms with van der Waals surface area (Å²) in [6, 6.07) is 1.19. The van der Waals surface area contributed by atoms with Gasteiger partial charge in [0.05, 0.1) is 17.8 Å². The molecule has 1 amide bonds. The van der Waals surface area contributed by atoms with E-state index in [1.807, 2.05) is 6.07 Å². The number of hydrogen-bond donors (Lipinski definition) is 3. The minimum Gasteiger partial charge on any atom is -0.438 e. The summed E-state index contributed by atoms with van der Waals surface area (Å²) in [7, 11) is 0. The number of nitrogens with zero attached hydrogens (tertiary/aromatic N) is 3. The molecule has 188 valence electrons. The Hall–Kier alpha value is -2.90. The number of ether oxygens (including phenoxy) is 1. The minimum atomic E-state index is -4.36. The molecule has 5 heterocycles. The fraction of sp³-hybridized carbons (Fsp3) is 0.500. The van der Waals surface area contributed by atoms with Crippen molar-refractivity contribution in [1.29, 1.82) is 0 Å². The highest BCUT2D eigenvalue weighted by atomic mass is 32.1. The summed E-state index contributed by atoms with van der Waals surface area (Å²) in [6.07, 6.45) is 0.368. The lowest BCUT2D eigenvalue weighted by Gasteiger charge is -2.37. The number of nitrogens with two attached hydrogens (primary N) is 2. The van der Waals surface area contributed by atoms with Gasteiger partial charge < -0.3 is 30.8 Å². The standard InChI is InChI=1S/C22H25F3N6O3S/c23-22(24,25)13-6-14(26)10-31(9-13)21-15(8-29-35-21)30-20(32)17-18-16(34-19(17)27)5-12(7-28-18)11-1-3-33-4-2-11/h5,7-8,11,13-14H,1-4,6,9-10,26-27H2,(H,30,32). The van der Waals surface area contributed by atoms with Gasteiger partial charge in [0, 0.05) is 38.5 Å². The zero-order chi connectivity index (χ0) is 24.7. The number of nitrogens with one attached hydrogen (secondary N) is 1. The Kier molecular flexibility index (Phi) is 6.32. The molecule has 5 rings (SSSR count). The number of furan rings is 1. The number of carbonyl (C=O) groups excluding carboxylic acids is 1. The number of amides is 1. The van der Waals surface area contributed by atoms with E-state index in [-0.39, 0.29) is 36.6 Å². The molecular formula is C22H25F3N6O3S. The molecule has 0 radical (unpaired) electrons. The van der Waals surface area contributed by atoms with E-state index in [4.69, 9.17) is 20.6 Å². The van der Waals surface area contributed by atoms with Crippen LogP contribution in [0, 0.1) is 5.92 Å². The maximum absolute atomic E-state index is 13.4. The Balaban J connectivity index is 1.38. The summed E-state index contributed by atoms with van der Waals surface area (Å²) < 4.78 is 55.2. The first kappa shape index (κ1) is 23.8. The molecule has 2 atom stereocenters. The number of pyridine rings is 1. The van der Waals surface area contributed by atoms with Crippen LogP contribution in [0.25, 0.3) is 11.1 Å². The number of piperidine rings is 1. The molecule has 0 saturated carbocycles. The van der Waals surface area contributed by atoms with Crippen molar-refractivity contribution >= 4 is 45.1 Å². The van der Waals surface area contributed by atoms with Crippen LogP contribution in [0.5, 0.6) is 0 Å². The Bertz CT molecular complexity index is 1220. The largest absolute Gasteiger partial charge is 0.438 e. The lowest BCUT2D eigenvalue weighted by atomic mass is 9.93. The average Bonchev–Trinajstić information content (AvgIpc) is 3.41. The van der Waals surface area contributed by atoms with Gasteiger partial charge in [-0.05, 0) is 48.3 Å². The Morgan fingerprint density at radius 3 is 2.74 bits per heavy atom. The second kappa shape index (κ2) is 9.28. The molecule has 0 spiro atoms. The molecular weight excluding hydrogens is 485 g/mol. The Morgan fingerprint density at radius 1 is 1.23 bits per heavy atom. The molecule has 2 unspecified atom stereocenters. The van der Waals surface area contributed by atoms with Gasteiger partial charge in [-0.25, -0.2) is 0 Å². The highest BCUT2D eigenvalue weighted by Gasteiger charge is 2.44. The summed E-state index contributed by atoms with van der Waals surface area (Å²) in [4.78, 5) is 19.1. The second-order valence-electron chi connectivity index (χ2n) is 8.98. The summed E-state index contributed by atoms with van der Waals surface area (Å²) in [5.74, 6) is -1.93. The number of rotatable bonds is 4. The molecule has 3 aromatic rings. The Labute approximate surface area is 202 Å². The third kappa shape index (κ3) is 4.80. The van der Waals surface area contributed by atoms with Crippen LogP contribution in [0.2, 0.25) is 0 Å². The maximum atomic E-state index is 13.4. The highest BCUT2D eigenvalue weighted by molar-refractivity contribution is 7.11. The smallest absolute Gasteiger partial charge is 0.393 e. The maximum Gasteiger partial charge on any atom is 0.393 e. The van der Waals surface area contributed by atoms with Crippen molar-refractivity contribution in [3.63, 3.8) is 0 Å². The van der Waals surface area contributed by atoms with Crippen molar-refractivity contribution < 1.29 is 27.1 Å². The van der Waals surface area contributed by atoms with Gasteiger partial charge in [-0.15, -0.1) is 0 Å². The quantitative estimate of drug-likeness (QED) is 0.484. The van der Waals surface area contributed by atoms with Crippen LogP contribution in [0.4, 0.5) is 29.7 Å². The zero-order valence-corrected chi connectivity index (χ0v) is 19.5. The van der Waals surface area contributed by atoms with Crippen LogP contribution in [0.3, 0.4) is 0 Å². The van der Waals surface area contributed by atoms with Gasteiger partial charge in [0.2, 0.25) is 5.88 Å². The zero-order valence-electron chi connectivity index (χ0n) is 18.7. The minimum absolute atomic E-state index is 0.0687. The van der Waals surface area contributed by atoms with E-state index in [9.17, 15) is 18.0 Å². The predicted octanol–water partition coefficient (Wildman–Crippen LogP) is 3.73. The van der Waals surface area contributed by atoms with E-state index in [0.29, 0.717) is 35.2 Å². The lowest BCUT2D eigenvalue weighted by Crippen LogP contribution is -2.51. The fourth-order valence-corrected chi connectivity index (χ4v) is 5.48. The number of aromatic nitrogens is 2. The third-order valence-corrected chi connectivity index (χ3v) is 7.39. The molecule has 9 nitrogen and oxygen atoms in total. The van der Waals surface area contributed by atoms with E-state index < -0.39 is 24.0 Å². The van der Waals surface area contributed by atoms with Crippen molar-refractivity contribution in [2.75, 3.05) is 42.3 Å². The number of hydrogen-bond acceptors (Lipinski definition) is 9. The Morgan fingerprint density at radius 2 is 2.00 bits per heavy atom. The summed E-state index contributed by atoms with van der Waals surface area (Å²) >= 11 is 0.993. The lowest BCUT2D eigenvalue weighted by molar-refractivity contribution is -0.177. The molecule has 2 fully saturated rings. The number of nitrogen functional groups attached to an aromatic ring is 1. The predicted molar refractivity (Wildman–Crippen MR) is 126 cm³/mol. The van der Waals surface area contributed by atoms with Gasteiger partial charge in [0.15, 0.2) is 5.58 Å².